The Bertz CT molecular complexity index is 1110. The highest BCUT2D eigenvalue weighted by Crippen LogP contribution is 2.38. The number of ether oxygens (including phenoxy) is 2. The summed E-state index contributed by atoms with van der Waals surface area (Å²) in [4.78, 5) is 25.4. The first-order valence-corrected chi connectivity index (χ1v) is 10.9. The zero-order valence-electron chi connectivity index (χ0n) is 19.2. The molecule has 0 bridgehead atoms. The van der Waals surface area contributed by atoms with Gasteiger partial charge in [0.15, 0.2) is 0 Å². The summed E-state index contributed by atoms with van der Waals surface area (Å²) >= 11 is 0. The van der Waals surface area contributed by atoms with Crippen molar-refractivity contribution in [3.8, 4) is 5.75 Å². The Morgan fingerprint density at radius 2 is 1.64 bits per heavy atom. The number of methoxy groups -OCH3 is 1. The van der Waals surface area contributed by atoms with Crippen LogP contribution in [0.1, 0.15) is 46.3 Å². The molecular weight excluding hydrogens is 492 g/mol. The van der Waals surface area contributed by atoms with Crippen LogP contribution in [0.2, 0.25) is 0 Å². The highest BCUT2D eigenvalue weighted by atomic mass is 19.4. The van der Waals surface area contributed by atoms with Gasteiger partial charge < -0.3 is 14.8 Å². The molecule has 2 aromatic rings. The number of carbonyl (C=O) groups excluding carboxylic acids is 2. The van der Waals surface area contributed by atoms with Crippen molar-refractivity contribution in [2.75, 3.05) is 13.7 Å². The SMILES string of the molecule is CCOC(=O)[C@H](c1cccc(OC)c1)[C@@H]1C=C[C@@H](NC(=O)c2cc(C(F)(F)F)cc(C(F)(F)F)c2)C1. The molecule has 3 atom stereocenters. The van der Waals surface area contributed by atoms with E-state index in [2.05, 4.69) is 5.32 Å². The minimum atomic E-state index is -5.07. The van der Waals surface area contributed by atoms with E-state index in [1.165, 1.54) is 7.11 Å². The van der Waals surface area contributed by atoms with Crippen molar-refractivity contribution >= 4 is 11.9 Å². The summed E-state index contributed by atoms with van der Waals surface area (Å²) in [6, 6.07) is 6.76. The van der Waals surface area contributed by atoms with Crippen LogP contribution in [0.3, 0.4) is 0 Å². The van der Waals surface area contributed by atoms with E-state index in [1.807, 2.05) is 0 Å². The van der Waals surface area contributed by atoms with Crippen LogP contribution >= 0.6 is 0 Å². The number of hydrogen-bond acceptors (Lipinski definition) is 4. The van der Waals surface area contributed by atoms with Gasteiger partial charge in [0.25, 0.3) is 5.91 Å². The lowest BCUT2D eigenvalue weighted by Crippen LogP contribution is -2.34. The zero-order chi connectivity index (χ0) is 26.7. The van der Waals surface area contributed by atoms with E-state index in [4.69, 9.17) is 9.47 Å². The average molecular weight is 515 g/mol. The van der Waals surface area contributed by atoms with Crippen molar-refractivity contribution in [3.63, 3.8) is 0 Å². The summed E-state index contributed by atoms with van der Waals surface area (Å²) in [5.41, 5.74) is -3.34. The topological polar surface area (TPSA) is 64.6 Å². The molecule has 0 heterocycles. The molecule has 0 fully saturated rings. The van der Waals surface area contributed by atoms with Gasteiger partial charge in [0.05, 0.1) is 30.8 Å². The van der Waals surface area contributed by atoms with E-state index in [-0.39, 0.29) is 19.1 Å². The second-order valence-corrected chi connectivity index (χ2v) is 8.17. The fourth-order valence-electron chi connectivity index (χ4n) is 4.04. The van der Waals surface area contributed by atoms with Gasteiger partial charge in [0, 0.05) is 11.6 Å². The second kappa shape index (κ2) is 10.6. The van der Waals surface area contributed by atoms with Gasteiger partial charge in [-0.15, -0.1) is 0 Å². The number of benzene rings is 2. The minimum absolute atomic E-state index is 0.0413. The van der Waals surface area contributed by atoms with Gasteiger partial charge in [-0.1, -0.05) is 24.3 Å². The molecule has 2 aromatic carbocycles. The van der Waals surface area contributed by atoms with E-state index in [9.17, 15) is 35.9 Å². The van der Waals surface area contributed by atoms with Gasteiger partial charge in [0.2, 0.25) is 0 Å². The van der Waals surface area contributed by atoms with E-state index in [0.717, 1.165) is 0 Å². The van der Waals surface area contributed by atoms with Crippen molar-refractivity contribution in [1.82, 2.24) is 5.32 Å². The first-order valence-electron chi connectivity index (χ1n) is 10.9. The van der Waals surface area contributed by atoms with Gasteiger partial charge in [-0.05, 0) is 55.2 Å². The van der Waals surface area contributed by atoms with Gasteiger partial charge in [-0.25, -0.2) is 0 Å². The fraction of sp³-hybridized carbons (Fsp3) is 0.360. The highest BCUT2D eigenvalue weighted by Gasteiger charge is 2.38. The first-order chi connectivity index (χ1) is 16.8. The molecular formula is C25H23F6NO4. The molecule has 5 nitrogen and oxygen atoms in total. The molecule has 0 saturated carbocycles. The molecule has 0 spiro atoms. The number of alkyl halides is 6. The molecule has 0 aliphatic heterocycles. The Labute approximate surface area is 203 Å². The van der Waals surface area contributed by atoms with Crippen molar-refractivity contribution in [1.29, 1.82) is 0 Å². The van der Waals surface area contributed by atoms with Gasteiger partial charge in [-0.3, -0.25) is 9.59 Å². The number of allylic oxidation sites excluding steroid dienone is 1. The number of hydrogen-bond donors (Lipinski definition) is 1. The molecule has 0 radical (unpaired) electrons. The highest BCUT2D eigenvalue weighted by molar-refractivity contribution is 5.95. The number of esters is 1. The maximum atomic E-state index is 13.1. The van der Waals surface area contributed by atoms with Gasteiger partial charge in [0.1, 0.15) is 5.75 Å². The number of rotatable bonds is 7. The van der Waals surface area contributed by atoms with Crippen LogP contribution in [0, 0.1) is 5.92 Å². The number of amides is 1. The summed E-state index contributed by atoms with van der Waals surface area (Å²) in [6.07, 6.45) is -6.75. The summed E-state index contributed by atoms with van der Waals surface area (Å²) in [5, 5.41) is 2.45. The molecule has 194 valence electrons. The van der Waals surface area contributed by atoms with Crippen molar-refractivity contribution < 1.29 is 45.4 Å². The molecule has 36 heavy (non-hydrogen) atoms. The molecule has 0 saturated heterocycles. The second-order valence-electron chi connectivity index (χ2n) is 8.17. The van der Waals surface area contributed by atoms with E-state index in [0.29, 0.717) is 23.4 Å². The van der Waals surface area contributed by atoms with Crippen molar-refractivity contribution in [2.24, 2.45) is 5.92 Å². The van der Waals surface area contributed by atoms with Crippen LogP contribution in [0.4, 0.5) is 26.3 Å². The predicted octanol–water partition coefficient (Wildman–Crippen LogP) is 5.75. The van der Waals surface area contributed by atoms with Gasteiger partial charge in [-0.2, -0.15) is 26.3 Å². The Morgan fingerprint density at radius 3 is 2.19 bits per heavy atom. The molecule has 3 rings (SSSR count). The monoisotopic (exact) mass is 515 g/mol. The number of carbonyl (C=O) groups is 2. The molecule has 1 N–H and O–H groups in total. The largest absolute Gasteiger partial charge is 0.497 e. The molecule has 1 amide bonds. The number of nitrogens with one attached hydrogen (secondary N) is 1. The average Bonchev–Trinajstić information content (AvgIpc) is 3.25. The van der Waals surface area contributed by atoms with Crippen LogP contribution < -0.4 is 10.1 Å². The van der Waals surface area contributed by atoms with Crippen molar-refractivity contribution in [3.05, 3.63) is 76.9 Å². The fourth-order valence-corrected chi connectivity index (χ4v) is 4.04. The molecule has 0 aromatic heterocycles. The van der Waals surface area contributed by atoms with E-state index >= 15 is 0 Å². The lowest BCUT2D eigenvalue weighted by atomic mass is 9.85. The lowest BCUT2D eigenvalue weighted by molar-refractivity contribution is -0.146. The van der Waals surface area contributed by atoms with Crippen LogP contribution in [0.5, 0.6) is 5.75 Å². The standard InChI is InChI=1S/C25H23F6NO4/c1-3-36-23(34)21(14-5-4-6-20(12-14)35-2)15-7-8-19(11-15)32-22(33)16-9-17(24(26,27)28)13-18(10-16)25(29,30)31/h4-10,12-13,15,19,21H,3,11H2,1-2H3,(H,32,33)/t15-,19-,21-/m1/s1. The maximum Gasteiger partial charge on any atom is 0.416 e. The Hall–Kier alpha value is -3.50. The minimum Gasteiger partial charge on any atom is -0.497 e. The van der Waals surface area contributed by atoms with Gasteiger partial charge >= 0.3 is 18.3 Å². The smallest absolute Gasteiger partial charge is 0.416 e. The third-order valence-electron chi connectivity index (χ3n) is 5.70. The summed E-state index contributed by atoms with van der Waals surface area (Å²) in [5.74, 6) is -2.31. The summed E-state index contributed by atoms with van der Waals surface area (Å²) in [6.45, 7) is 1.78. The van der Waals surface area contributed by atoms with Crippen LogP contribution in [0.15, 0.2) is 54.6 Å². The summed E-state index contributed by atoms with van der Waals surface area (Å²) in [7, 11) is 1.47. The van der Waals surface area contributed by atoms with E-state index < -0.39 is 58.8 Å². The maximum absolute atomic E-state index is 13.1. The third kappa shape index (κ3) is 6.38. The molecule has 1 aliphatic rings. The van der Waals surface area contributed by atoms with Crippen LogP contribution in [-0.2, 0) is 21.9 Å². The summed E-state index contributed by atoms with van der Waals surface area (Å²) < 4.78 is 89.2. The Morgan fingerprint density at radius 1 is 1.00 bits per heavy atom. The first kappa shape index (κ1) is 27.1. The third-order valence-corrected chi connectivity index (χ3v) is 5.70. The predicted molar refractivity (Wildman–Crippen MR) is 117 cm³/mol. The zero-order valence-corrected chi connectivity index (χ0v) is 19.2. The normalized spacial score (nSPS) is 18.6. The Balaban J connectivity index is 1.82. The van der Waals surface area contributed by atoms with Crippen LogP contribution in [0.25, 0.3) is 0 Å². The molecule has 1 aliphatic carbocycles. The number of halogens is 6. The molecule has 11 heteroatoms. The lowest BCUT2D eigenvalue weighted by Gasteiger charge is -2.23. The quantitative estimate of drug-likeness (QED) is 0.290. The Kier molecular flexibility index (Phi) is 8.00. The van der Waals surface area contributed by atoms with Crippen molar-refractivity contribution in [2.45, 2.75) is 37.7 Å². The van der Waals surface area contributed by atoms with Crippen LogP contribution in [-0.4, -0.2) is 31.6 Å². The van der Waals surface area contributed by atoms with E-state index in [1.54, 1.807) is 43.3 Å². The molecule has 0 unspecified atom stereocenters.